The standard InChI is InChI=1S/C23H36N4O2/c1-23(2,22(24)29)25-21(28)19-9-6-13-27(17-19)20-11-15-26(16-12-20)14-10-18-7-4-3-5-8-18/h3-5,7-8,19-20H,6,9-17H2,1-2H3,(H2,24,29)(H,25,28)/t19-/m0/s1. The van der Waals surface area contributed by atoms with E-state index in [1.165, 1.54) is 5.56 Å². The fourth-order valence-electron chi connectivity index (χ4n) is 4.46. The Kier molecular flexibility index (Phi) is 7.30. The Morgan fingerprint density at radius 3 is 2.45 bits per heavy atom. The second-order valence-corrected chi connectivity index (χ2v) is 9.12. The summed E-state index contributed by atoms with van der Waals surface area (Å²) in [6, 6.07) is 11.2. The Morgan fingerprint density at radius 1 is 1.10 bits per heavy atom. The predicted molar refractivity (Wildman–Crippen MR) is 115 cm³/mol. The number of primary amides is 1. The molecule has 160 valence electrons. The van der Waals surface area contributed by atoms with Gasteiger partial charge in [0.05, 0.1) is 5.92 Å². The summed E-state index contributed by atoms with van der Waals surface area (Å²) in [5.74, 6) is -0.598. The summed E-state index contributed by atoms with van der Waals surface area (Å²) >= 11 is 0. The van der Waals surface area contributed by atoms with Crippen molar-refractivity contribution in [3.63, 3.8) is 0 Å². The Balaban J connectivity index is 1.44. The highest BCUT2D eigenvalue weighted by Gasteiger charge is 2.35. The molecule has 3 rings (SSSR count). The molecule has 2 aliphatic rings. The van der Waals surface area contributed by atoms with Gasteiger partial charge >= 0.3 is 0 Å². The van der Waals surface area contributed by atoms with Crippen molar-refractivity contribution in [1.29, 1.82) is 0 Å². The first-order valence-electron chi connectivity index (χ1n) is 11.0. The number of nitrogens with two attached hydrogens (primary N) is 1. The van der Waals surface area contributed by atoms with Crippen LogP contribution < -0.4 is 11.1 Å². The first-order chi connectivity index (χ1) is 13.8. The van der Waals surface area contributed by atoms with Crippen molar-refractivity contribution >= 4 is 11.8 Å². The van der Waals surface area contributed by atoms with Gasteiger partial charge in [0.25, 0.3) is 0 Å². The minimum absolute atomic E-state index is 0.0428. The molecular formula is C23H36N4O2. The predicted octanol–water partition coefficient (Wildman–Crippen LogP) is 1.79. The van der Waals surface area contributed by atoms with Gasteiger partial charge < -0.3 is 16.0 Å². The van der Waals surface area contributed by atoms with Crippen molar-refractivity contribution < 1.29 is 9.59 Å². The minimum atomic E-state index is -0.997. The number of hydrogen-bond acceptors (Lipinski definition) is 4. The van der Waals surface area contributed by atoms with Crippen molar-refractivity contribution in [2.24, 2.45) is 11.7 Å². The van der Waals surface area contributed by atoms with E-state index in [9.17, 15) is 9.59 Å². The van der Waals surface area contributed by atoms with E-state index in [0.717, 1.165) is 64.8 Å². The molecular weight excluding hydrogens is 364 g/mol. The van der Waals surface area contributed by atoms with Gasteiger partial charge in [-0.25, -0.2) is 0 Å². The maximum Gasteiger partial charge on any atom is 0.242 e. The summed E-state index contributed by atoms with van der Waals surface area (Å²) < 4.78 is 0. The topological polar surface area (TPSA) is 78.7 Å². The molecule has 0 aliphatic carbocycles. The Bertz CT molecular complexity index is 683. The summed E-state index contributed by atoms with van der Waals surface area (Å²) in [7, 11) is 0. The van der Waals surface area contributed by atoms with Crippen LogP contribution in [-0.2, 0) is 16.0 Å². The summed E-state index contributed by atoms with van der Waals surface area (Å²) in [6.45, 7) is 8.55. The molecule has 1 aromatic rings. The number of amides is 2. The van der Waals surface area contributed by atoms with Crippen LogP contribution in [0.5, 0.6) is 0 Å². The summed E-state index contributed by atoms with van der Waals surface area (Å²) in [5, 5.41) is 2.84. The number of carbonyl (C=O) groups is 2. The second-order valence-electron chi connectivity index (χ2n) is 9.12. The van der Waals surface area contributed by atoms with Crippen molar-refractivity contribution in [3.8, 4) is 0 Å². The summed E-state index contributed by atoms with van der Waals surface area (Å²) in [5.41, 5.74) is 5.80. The van der Waals surface area contributed by atoms with Crippen molar-refractivity contribution in [2.45, 2.75) is 57.5 Å². The molecule has 6 heteroatoms. The van der Waals surface area contributed by atoms with Crippen LogP contribution in [0.2, 0.25) is 0 Å². The van der Waals surface area contributed by atoms with E-state index in [1.54, 1.807) is 13.8 Å². The normalized spacial score (nSPS) is 22.3. The van der Waals surface area contributed by atoms with Gasteiger partial charge in [-0.15, -0.1) is 0 Å². The molecule has 2 fully saturated rings. The zero-order chi connectivity index (χ0) is 20.9. The molecule has 2 aliphatic heterocycles. The molecule has 3 N–H and O–H groups in total. The lowest BCUT2D eigenvalue weighted by molar-refractivity contribution is -0.134. The number of nitrogens with one attached hydrogen (secondary N) is 1. The second kappa shape index (κ2) is 9.72. The lowest BCUT2D eigenvalue weighted by Gasteiger charge is -2.42. The Hall–Kier alpha value is -1.92. The number of piperidine rings is 2. The van der Waals surface area contributed by atoms with Gasteiger partial charge in [-0.3, -0.25) is 14.5 Å². The van der Waals surface area contributed by atoms with Gasteiger partial charge in [0.2, 0.25) is 11.8 Å². The first kappa shape index (κ1) is 21.8. The summed E-state index contributed by atoms with van der Waals surface area (Å²) in [6.07, 6.45) is 5.34. The zero-order valence-corrected chi connectivity index (χ0v) is 17.9. The van der Waals surface area contributed by atoms with Gasteiger partial charge in [0, 0.05) is 19.1 Å². The molecule has 0 unspecified atom stereocenters. The average Bonchev–Trinajstić information content (AvgIpc) is 2.73. The quantitative estimate of drug-likeness (QED) is 0.731. The molecule has 0 radical (unpaired) electrons. The average molecular weight is 401 g/mol. The molecule has 1 atom stereocenters. The van der Waals surface area contributed by atoms with E-state index in [1.807, 2.05) is 0 Å². The minimum Gasteiger partial charge on any atom is -0.368 e. The summed E-state index contributed by atoms with van der Waals surface area (Å²) in [4.78, 5) is 29.2. The lowest BCUT2D eigenvalue weighted by atomic mass is 9.92. The molecule has 2 heterocycles. The number of benzene rings is 1. The van der Waals surface area contributed by atoms with Crippen LogP contribution >= 0.6 is 0 Å². The van der Waals surface area contributed by atoms with E-state index in [2.05, 4.69) is 45.4 Å². The molecule has 0 aromatic heterocycles. The maximum atomic E-state index is 12.7. The van der Waals surface area contributed by atoms with E-state index < -0.39 is 11.4 Å². The molecule has 0 spiro atoms. The van der Waals surface area contributed by atoms with Crippen LogP contribution in [0.1, 0.15) is 45.1 Å². The fraction of sp³-hybridized carbons (Fsp3) is 0.652. The third kappa shape index (κ3) is 6.03. The molecule has 1 aromatic carbocycles. The number of likely N-dealkylation sites (tertiary alicyclic amines) is 2. The highest BCUT2D eigenvalue weighted by Crippen LogP contribution is 2.24. The van der Waals surface area contributed by atoms with Gasteiger partial charge in [-0.05, 0) is 71.1 Å². The fourth-order valence-corrected chi connectivity index (χ4v) is 4.46. The number of nitrogens with zero attached hydrogens (tertiary/aromatic N) is 2. The van der Waals surface area contributed by atoms with E-state index >= 15 is 0 Å². The third-order valence-electron chi connectivity index (χ3n) is 6.51. The van der Waals surface area contributed by atoms with Crippen LogP contribution in [0, 0.1) is 5.92 Å². The molecule has 2 amide bonds. The smallest absolute Gasteiger partial charge is 0.242 e. The van der Waals surface area contributed by atoms with Crippen LogP contribution in [0.25, 0.3) is 0 Å². The molecule has 6 nitrogen and oxygen atoms in total. The van der Waals surface area contributed by atoms with Gasteiger partial charge in [0.1, 0.15) is 5.54 Å². The SMILES string of the molecule is CC(C)(NC(=O)[C@H]1CCCN(C2CCN(CCc3ccccc3)CC2)C1)C(N)=O. The van der Waals surface area contributed by atoms with Crippen LogP contribution in [0.15, 0.2) is 30.3 Å². The molecule has 2 saturated heterocycles. The van der Waals surface area contributed by atoms with E-state index in [4.69, 9.17) is 5.73 Å². The van der Waals surface area contributed by atoms with Gasteiger partial charge in [0.15, 0.2) is 0 Å². The van der Waals surface area contributed by atoms with Crippen molar-refractivity contribution in [2.75, 3.05) is 32.7 Å². The van der Waals surface area contributed by atoms with Crippen LogP contribution in [0.4, 0.5) is 0 Å². The van der Waals surface area contributed by atoms with E-state index in [-0.39, 0.29) is 11.8 Å². The third-order valence-corrected chi connectivity index (χ3v) is 6.51. The number of carbonyl (C=O) groups excluding carboxylic acids is 2. The zero-order valence-electron chi connectivity index (χ0n) is 17.9. The van der Waals surface area contributed by atoms with Crippen LogP contribution in [-0.4, -0.2) is 65.9 Å². The monoisotopic (exact) mass is 400 g/mol. The Morgan fingerprint density at radius 2 is 1.79 bits per heavy atom. The lowest BCUT2D eigenvalue weighted by Crippen LogP contribution is -2.57. The highest BCUT2D eigenvalue weighted by molar-refractivity contribution is 5.90. The number of hydrogen-bond donors (Lipinski definition) is 2. The number of rotatable bonds is 7. The highest BCUT2D eigenvalue weighted by atomic mass is 16.2. The molecule has 0 bridgehead atoms. The van der Waals surface area contributed by atoms with Crippen LogP contribution in [0.3, 0.4) is 0 Å². The first-order valence-corrected chi connectivity index (χ1v) is 11.0. The van der Waals surface area contributed by atoms with Crippen molar-refractivity contribution in [3.05, 3.63) is 35.9 Å². The molecule has 0 saturated carbocycles. The van der Waals surface area contributed by atoms with Gasteiger partial charge in [-0.2, -0.15) is 0 Å². The van der Waals surface area contributed by atoms with Gasteiger partial charge in [-0.1, -0.05) is 30.3 Å². The van der Waals surface area contributed by atoms with Crippen molar-refractivity contribution in [1.82, 2.24) is 15.1 Å². The Labute approximate surface area is 174 Å². The maximum absolute atomic E-state index is 12.7. The molecule has 29 heavy (non-hydrogen) atoms. The largest absolute Gasteiger partial charge is 0.368 e. The van der Waals surface area contributed by atoms with E-state index in [0.29, 0.717) is 6.04 Å².